The minimum Gasteiger partial charge on any atom is -1.00 e. The second-order valence-electron chi connectivity index (χ2n) is 6.60. The molecule has 1 heterocycles. The smallest absolute Gasteiger partial charge is 1.00 e. The maximum absolute atomic E-state index is 9.53. The second-order valence-corrected chi connectivity index (χ2v) is 24.8. The molecule has 6 heteroatoms. The summed E-state index contributed by atoms with van der Waals surface area (Å²) in [6.45, 7) is 8.04. The van der Waals surface area contributed by atoms with Gasteiger partial charge in [-0.05, 0) is 0 Å². The summed E-state index contributed by atoms with van der Waals surface area (Å²) in [5, 5.41) is 13.1. The van der Waals surface area contributed by atoms with Crippen LogP contribution >= 0.6 is 0 Å². The summed E-state index contributed by atoms with van der Waals surface area (Å²) in [5.41, 5.74) is 0. The molecule has 0 saturated heterocycles. The molecule has 1 aliphatic heterocycles. The van der Waals surface area contributed by atoms with Gasteiger partial charge in [0.05, 0.1) is 0 Å². The number of rotatable bonds is 3. The minimum atomic E-state index is -1.54. The summed E-state index contributed by atoms with van der Waals surface area (Å²) >= 11 is -0.451. The Balaban J connectivity index is 0.00000110. The Labute approximate surface area is 153 Å². The van der Waals surface area contributed by atoms with Crippen LogP contribution in [0.2, 0.25) is 25.7 Å². The molecule has 0 aromatic heterocycles. The third-order valence-electron chi connectivity index (χ3n) is 5.33. The largest absolute Gasteiger partial charge is 1.00 e. The first kappa shape index (κ1) is 19.9. The van der Waals surface area contributed by atoms with E-state index in [0.29, 0.717) is 6.61 Å². The monoisotopic (exact) mass is 434 g/mol. The van der Waals surface area contributed by atoms with Crippen molar-refractivity contribution in [2.45, 2.75) is 38.5 Å². The summed E-state index contributed by atoms with van der Waals surface area (Å²) in [7, 11) is -2.94. The molecule has 1 nitrogen and oxygen atoms in total. The summed E-state index contributed by atoms with van der Waals surface area (Å²) in [5.74, 6) is 0. The van der Waals surface area contributed by atoms with E-state index in [4.69, 9.17) is 0 Å². The molecule has 0 bridgehead atoms. The molecule has 0 amide bonds. The third kappa shape index (κ3) is 2.97. The summed E-state index contributed by atoms with van der Waals surface area (Å²) in [6, 6.07) is 1.07. The molecule has 0 atom stereocenters. The fourth-order valence-corrected chi connectivity index (χ4v) is 25.8. The SMILES string of the molecule is C[Si](C)(CCO)[Si]1(C)C2=[C](CC=C2)[Zr+2][C]2=C1C=CC2.[Cl-].[Cl-]. The molecule has 0 spiro atoms. The van der Waals surface area contributed by atoms with Crippen LogP contribution in [0.4, 0.5) is 0 Å². The number of allylic oxidation sites excluding steroid dienone is 8. The third-order valence-corrected chi connectivity index (χ3v) is 28.1. The predicted octanol–water partition coefficient (Wildman–Crippen LogP) is -2.55. The Morgan fingerprint density at radius 1 is 1.10 bits per heavy atom. The molecule has 0 aromatic carbocycles. The molecule has 0 unspecified atom stereocenters. The van der Waals surface area contributed by atoms with Gasteiger partial charge in [-0.15, -0.1) is 0 Å². The van der Waals surface area contributed by atoms with Crippen LogP contribution in [0.15, 0.2) is 41.3 Å². The molecule has 0 saturated carbocycles. The summed E-state index contributed by atoms with van der Waals surface area (Å²) < 4.78 is 3.75. The molecule has 114 valence electrons. The first-order valence-corrected chi connectivity index (χ1v) is 16.4. The van der Waals surface area contributed by atoms with Crippen molar-refractivity contribution >= 4 is 15.2 Å². The normalized spacial score (nSPS) is 21.1. The number of hydrogen-bond acceptors (Lipinski definition) is 1. The van der Waals surface area contributed by atoms with Gasteiger partial charge >= 0.3 is 130 Å². The topological polar surface area (TPSA) is 20.2 Å². The zero-order valence-corrected chi connectivity index (χ0v) is 18.8. The van der Waals surface area contributed by atoms with Gasteiger partial charge in [-0.25, -0.2) is 0 Å². The van der Waals surface area contributed by atoms with E-state index in [0.717, 1.165) is 6.04 Å². The molecular weight excluding hydrogens is 414 g/mol. The zero-order valence-electron chi connectivity index (χ0n) is 12.8. The van der Waals surface area contributed by atoms with Gasteiger partial charge in [-0.3, -0.25) is 0 Å². The van der Waals surface area contributed by atoms with Gasteiger partial charge in [-0.1, -0.05) is 0 Å². The van der Waals surface area contributed by atoms with Gasteiger partial charge in [-0.2, -0.15) is 0 Å². The maximum Gasteiger partial charge on any atom is -1.00 e. The minimum absolute atomic E-state index is 0. The van der Waals surface area contributed by atoms with Gasteiger partial charge in [0.1, 0.15) is 0 Å². The Hall–Kier alpha value is 0.817. The molecular formula is C15H22Cl2OSi2Zr. The molecule has 0 radical (unpaired) electrons. The molecule has 0 aromatic rings. The Morgan fingerprint density at radius 3 is 2.00 bits per heavy atom. The molecule has 3 rings (SSSR count). The maximum atomic E-state index is 9.53. The van der Waals surface area contributed by atoms with Crippen LogP contribution < -0.4 is 24.8 Å². The number of halogens is 2. The van der Waals surface area contributed by atoms with Crippen molar-refractivity contribution in [3.8, 4) is 0 Å². The predicted molar refractivity (Wildman–Crippen MR) is 82.6 cm³/mol. The molecule has 21 heavy (non-hydrogen) atoms. The van der Waals surface area contributed by atoms with Crippen molar-refractivity contribution in [2.75, 3.05) is 6.61 Å². The van der Waals surface area contributed by atoms with Crippen LogP contribution in [0, 0.1) is 0 Å². The van der Waals surface area contributed by atoms with Crippen molar-refractivity contribution in [3.63, 3.8) is 0 Å². The van der Waals surface area contributed by atoms with E-state index in [9.17, 15) is 5.11 Å². The van der Waals surface area contributed by atoms with E-state index < -0.39 is 38.4 Å². The van der Waals surface area contributed by atoms with Gasteiger partial charge < -0.3 is 24.8 Å². The van der Waals surface area contributed by atoms with Crippen LogP contribution in [0.3, 0.4) is 0 Å². The van der Waals surface area contributed by atoms with E-state index in [-0.39, 0.29) is 24.8 Å². The van der Waals surface area contributed by atoms with Gasteiger partial charge in [0.2, 0.25) is 0 Å². The van der Waals surface area contributed by atoms with Crippen molar-refractivity contribution in [2.24, 2.45) is 0 Å². The fourth-order valence-electron chi connectivity index (χ4n) is 3.77. The van der Waals surface area contributed by atoms with E-state index >= 15 is 0 Å². The van der Waals surface area contributed by atoms with E-state index in [2.05, 4.69) is 43.9 Å². The van der Waals surface area contributed by atoms with Crippen LogP contribution in [0.5, 0.6) is 0 Å². The summed E-state index contributed by atoms with van der Waals surface area (Å²) in [4.78, 5) is 0. The van der Waals surface area contributed by atoms with Crippen LogP contribution in [-0.2, 0) is 23.2 Å². The second kappa shape index (κ2) is 7.15. The average molecular weight is 437 g/mol. The van der Waals surface area contributed by atoms with E-state index in [1.165, 1.54) is 12.8 Å². The number of hydrogen-bond donors (Lipinski definition) is 1. The molecule has 3 aliphatic rings. The van der Waals surface area contributed by atoms with Crippen molar-refractivity contribution in [1.82, 2.24) is 0 Å². The zero-order chi connectivity index (χ0) is 13.7. The van der Waals surface area contributed by atoms with Crippen molar-refractivity contribution in [3.05, 3.63) is 41.3 Å². The molecule has 1 N–H and O–H groups in total. The first-order chi connectivity index (χ1) is 9.00. The molecule has 2 aliphatic carbocycles. The van der Waals surface area contributed by atoms with E-state index in [1.807, 2.05) is 6.56 Å². The Bertz CT molecular complexity index is 514. The van der Waals surface area contributed by atoms with Gasteiger partial charge in [0.25, 0.3) is 0 Å². The van der Waals surface area contributed by atoms with Crippen LogP contribution in [-0.4, -0.2) is 26.9 Å². The molecule has 0 fully saturated rings. The quantitative estimate of drug-likeness (QED) is 0.484. The standard InChI is InChI=1S/C15H22OSi2.2ClH.Zr/c1-17(2,13-12-16)18(3,14-8-4-5-9-14)15-10-6-7-11-15;;;/h4,6,8,10,16H,5,7,12-13H2,1-3H3;2*1H;/q;;;+2/p-2. The van der Waals surface area contributed by atoms with Gasteiger partial charge in [0.15, 0.2) is 0 Å². The van der Waals surface area contributed by atoms with Gasteiger partial charge in [0, 0.05) is 0 Å². The fraction of sp³-hybridized carbons (Fsp3) is 0.467. The number of aliphatic hydroxyl groups is 1. The Morgan fingerprint density at radius 2 is 1.57 bits per heavy atom. The Kier molecular flexibility index (Phi) is 6.76. The van der Waals surface area contributed by atoms with Crippen LogP contribution in [0.1, 0.15) is 12.8 Å². The summed E-state index contributed by atoms with van der Waals surface area (Å²) in [6.07, 6.45) is 12.3. The van der Waals surface area contributed by atoms with E-state index in [1.54, 1.807) is 10.4 Å². The average Bonchev–Trinajstić information content (AvgIpc) is 2.97. The first-order valence-electron chi connectivity index (χ1n) is 7.19. The number of aliphatic hydroxyl groups excluding tert-OH is 1. The van der Waals surface area contributed by atoms with Crippen molar-refractivity contribution in [1.29, 1.82) is 0 Å². The van der Waals surface area contributed by atoms with Crippen molar-refractivity contribution < 1.29 is 53.2 Å². The van der Waals surface area contributed by atoms with Crippen LogP contribution in [0.25, 0.3) is 0 Å².